The van der Waals surface area contributed by atoms with Gasteiger partial charge in [0.25, 0.3) is 0 Å². The van der Waals surface area contributed by atoms with Gasteiger partial charge < -0.3 is 11.0 Å². The Hall–Kier alpha value is 2.96. The van der Waals surface area contributed by atoms with Crippen molar-refractivity contribution < 1.29 is 112 Å². The first-order valence-corrected chi connectivity index (χ1v) is 0. The second-order valence-electron chi connectivity index (χ2n) is 0. The van der Waals surface area contributed by atoms with Gasteiger partial charge in [0.2, 0.25) is 0 Å². The van der Waals surface area contributed by atoms with E-state index in [9.17, 15) is 0 Å². The van der Waals surface area contributed by atoms with Crippen molar-refractivity contribution in [2.45, 2.75) is 0 Å². The molecule has 68 valence electrons. The van der Waals surface area contributed by atoms with Gasteiger partial charge in [0.1, 0.15) is 0 Å². The van der Waals surface area contributed by atoms with E-state index in [0.717, 1.165) is 0 Å². The summed E-state index contributed by atoms with van der Waals surface area (Å²) >= 11 is 0. The normalized spacial score (nSPS) is 0. The summed E-state index contributed by atoms with van der Waals surface area (Å²) in [6, 6.07) is 0. The maximum absolute atomic E-state index is 0. The van der Waals surface area contributed by atoms with Crippen LogP contribution in [-0.4, -0.2) is 11.0 Å². The van der Waals surface area contributed by atoms with Gasteiger partial charge in [0.15, 0.2) is 0 Å². The first kappa shape index (κ1) is 124. The maximum atomic E-state index is 0. The molecule has 0 aromatic rings. The molecule has 8 heavy (non-hydrogen) atoms. The topological polar surface area (TPSA) is 63.0 Å². The average Bonchev–Trinajstić information content (AvgIpc) is 0. The molecule has 0 fully saturated rings. The van der Waals surface area contributed by atoms with Gasteiger partial charge in [0, 0.05) is 101 Å². The molecule has 0 saturated carbocycles. The van der Waals surface area contributed by atoms with Crippen molar-refractivity contribution in [2.75, 3.05) is 0 Å². The molecule has 0 spiro atoms. The van der Waals surface area contributed by atoms with Crippen LogP contribution in [0.1, 0.15) is 0 Å². The average molecular weight is 381 g/mol. The molecule has 4 radical (unpaired) electrons. The third-order valence-electron chi connectivity index (χ3n) is 0. The van der Waals surface area contributed by atoms with E-state index >= 15 is 0 Å². The molecule has 0 bridgehead atoms. The van der Waals surface area contributed by atoms with Crippen LogP contribution in [0, 0.1) is 0 Å². The molecule has 2 nitrogen and oxygen atoms in total. The van der Waals surface area contributed by atoms with Crippen LogP contribution in [0.2, 0.25) is 0 Å². The van der Waals surface area contributed by atoms with Crippen LogP contribution in [0.3, 0.4) is 0 Å². The van der Waals surface area contributed by atoms with Crippen molar-refractivity contribution in [3.05, 3.63) is 0 Å². The third-order valence-corrected chi connectivity index (χ3v) is 0. The first-order chi connectivity index (χ1) is 0. The zero-order valence-electron chi connectivity index (χ0n) is 3.06. The quantitative estimate of drug-likeness (QED) is 0.451. The van der Waals surface area contributed by atoms with Crippen LogP contribution >= 0.6 is 0 Å². The molecule has 0 rings (SSSR count). The molecule has 0 atom stereocenters. The molecule has 0 saturated heterocycles. The standard InChI is InChI=1S/2Co.2Mn.2Ni.2H2O/h;;;;;;2*1H2. The van der Waals surface area contributed by atoms with E-state index in [1.165, 1.54) is 0 Å². The van der Waals surface area contributed by atoms with Gasteiger partial charge >= 0.3 is 0 Å². The summed E-state index contributed by atoms with van der Waals surface area (Å²) in [6.07, 6.45) is 0. The van der Waals surface area contributed by atoms with Gasteiger partial charge in [-0.2, -0.15) is 0 Å². The largest absolute Gasteiger partial charge is 0.412 e. The SMILES string of the molecule is O.O.[Co].[Co].[Mn].[Mn].[Ni].[Ni]. The Balaban J connectivity index is 0. The Morgan fingerprint density at radius 3 is 0.500 bits per heavy atom. The summed E-state index contributed by atoms with van der Waals surface area (Å²) in [7, 11) is 0. The van der Waals surface area contributed by atoms with Crippen LogP contribution in [-0.2, 0) is 101 Å². The molecule has 0 aliphatic carbocycles. The van der Waals surface area contributed by atoms with Crippen molar-refractivity contribution in [1.29, 1.82) is 0 Å². The van der Waals surface area contributed by atoms with Crippen LogP contribution in [0.25, 0.3) is 0 Å². The Labute approximate surface area is 110 Å². The van der Waals surface area contributed by atoms with Crippen LogP contribution in [0.15, 0.2) is 0 Å². The molecule has 0 aliphatic rings. The molecular weight excluding hydrogens is 377 g/mol. The van der Waals surface area contributed by atoms with Crippen molar-refractivity contribution in [1.82, 2.24) is 0 Å². The molecule has 0 aliphatic heterocycles. The molecule has 8 heteroatoms. The van der Waals surface area contributed by atoms with Crippen molar-refractivity contribution in [2.24, 2.45) is 0 Å². The second-order valence-corrected chi connectivity index (χ2v) is 0. The molecule has 0 heterocycles. The van der Waals surface area contributed by atoms with Gasteiger partial charge in [-0.05, 0) is 0 Å². The predicted molar refractivity (Wildman–Crippen MR) is 7.23 cm³/mol. The third kappa shape index (κ3) is 64.8. The molecule has 4 N–H and O–H groups in total. The monoisotopic (exact) mass is 380 g/mol. The summed E-state index contributed by atoms with van der Waals surface area (Å²) < 4.78 is 0. The van der Waals surface area contributed by atoms with Gasteiger partial charge in [-0.3, -0.25) is 0 Å². The number of hydrogen-bond acceptors (Lipinski definition) is 0. The van der Waals surface area contributed by atoms with Crippen LogP contribution < -0.4 is 0 Å². The van der Waals surface area contributed by atoms with Crippen molar-refractivity contribution in [3.63, 3.8) is 0 Å². The smallest absolute Gasteiger partial charge is 0 e. The van der Waals surface area contributed by atoms with E-state index in [0.29, 0.717) is 0 Å². The van der Waals surface area contributed by atoms with E-state index < -0.39 is 0 Å². The fourth-order valence-corrected chi connectivity index (χ4v) is 0. The Kier molecular flexibility index (Phi) is 1420. The summed E-state index contributed by atoms with van der Waals surface area (Å²) in [5, 5.41) is 0. The molecule has 0 aromatic heterocycles. The zero-order valence-corrected chi connectivity index (χ0v) is 9.47. The van der Waals surface area contributed by atoms with Crippen molar-refractivity contribution >= 4 is 0 Å². The van der Waals surface area contributed by atoms with Gasteiger partial charge in [-0.1, -0.05) is 0 Å². The number of rotatable bonds is 0. The van der Waals surface area contributed by atoms with E-state index in [1.54, 1.807) is 0 Å². The predicted octanol–water partition coefficient (Wildman–Crippen LogP) is -1.66. The summed E-state index contributed by atoms with van der Waals surface area (Å²) in [5.74, 6) is 0. The Morgan fingerprint density at radius 2 is 0.500 bits per heavy atom. The summed E-state index contributed by atoms with van der Waals surface area (Å²) in [4.78, 5) is 0. The molecule has 0 amide bonds. The van der Waals surface area contributed by atoms with E-state index in [2.05, 4.69) is 0 Å². The minimum Gasteiger partial charge on any atom is -0.412 e. The maximum Gasteiger partial charge on any atom is 0 e. The fraction of sp³-hybridized carbons (Fsp3) is 0. The van der Waals surface area contributed by atoms with Gasteiger partial charge in [0.05, 0.1) is 0 Å². The minimum atomic E-state index is 0. The number of hydrogen-bond donors (Lipinski definition) is 0. The van der Waals surface area contributed by atoms with E-state index in [1.807, 2.05) is 0 Å². The van der Waals surface area contributed by atoms with Gasteiger partial charge in [-0.15, -0.1) is 0 Å². The van der Waals surface area contributed by atoms with Crippen LogP contribution in [0.4, 0.5) is 0 Å². The van der Waals surface area contributed by atoms with E-state index in [-0.39, 0.29) is 112 Å². The van der Waals surface area contributed by atoms with E-state index in [4.69, 9.17) is 0 Å². The van der Waals surface area contributed by atoms with Gasteiger partial charge in [-0.25, -0.2) is 0 Å². The Morgan fingerprint density at radius 1 is 0.500 bits per heavy atom. The zero-order chi connectivity index (χ0) is 0. The molecule has 0 unspecified atom stereocenters. The Bertz CT molecular complexity index is 16.0. The first-order valence-electron chi connectivity index (χ1n) is 0. The minimum absolute atomic E-state index is 0. The molecular formula is H4Co2Mn2Ni2O2. The van der Waals surface area contributed by atoms with Crippen molar-refractivity contribution in [3.8, 4) is 0 Å². The molecule has 0 aromatic carbocycles. The second kappa shape index (κ2) is 91.3. The van der Waals surface area contributed by atoms with Crippen LogP contribution in [0.5, 0.6) is 0 Å². The summed E-state index contributed by atoms with van der Waals surface area (Å²) in [5.41, 5.74) is 0. The summed E-state index contributed by atoms with van der Waals surface area (Å²) in [6.45, 7) is 0. The fourth-order valence-electron chi connectivity index (χ4n) is 0.